The van der Waals surface area contributed by atoms with Crippen LogP contribution >= 0.6 is 0 Å². The molecule has 4 nitrogen and oxygen atoms in total. The molecule has 0 rings (SSSR count). The third kappa shape index (κ3) is 5.21. The van der Waals surface area contributed by atoms with Crippen LogP contribution in [0.1, 0.15) is 19.8 Å². The quantitative estimate of drug-likeness (QED) is 0.423. The zero-order chi connectivity index (χ0) is 7.98. The fourth-order valence-corrected chi connectivity index (χ4v) is 0.651. The first kappa shape index (κ1) is 9.07. The van der Waals surface area contributed by atoms with Crippen molar-refractivity contribution >= 4 is 6.29 Å². The summed E-state index contributed by atoms with van der Waals surface area (Å²) in [5, 5.41) is 9.88. The first-order valence-corrected chi connectivity index (χ1v) is 3.13. The van der Waals surface area contributed by atoms with Crippen molar-refractivity contribution in [2.75, 3.05) is 6.54 Å². The van der Waals surface area contributed by atoms with E-state index in [0.29, 0.717) is 12.8 Å². The first-order chi connectivity index (χ1) is 4.66. The molecule has 0 spiro atoms. The van der Waals surface area contributed by atoms with Crippen molar-refractivity contribution in [3.63, 3.8) is 0 Å². The van der Waals surface area contributed by atoms with Crippen LogP contribution in [0.2, 0.25) is 0 Å². The highest BCUT2D eigenvalue weighted by molar-refractivity contribution is 5.50. The van der Waals surface area contributed by atoms with Crippen LogP contribution < -0.4 is 0 Å². The van der Waals surface area contributed by atoms with Gasteiger partial charge in [0.25, 0.3) is 0 Å². The number of nitrogens with zero attached hydrogens (tertiary/aromatic N) is 1. The Morgan fingerprint density at radius 3 is 2.70 bits per heavy atom. The second-order valence-corrected chi connectivity index (χ2v) is 2.30. The van der Waals surface area contributed by atoms with Gasteiger partial charge < -0.3 is 0 Å². The van der Waals surface area contributed by atoms with Crippen LogP contribution in [0.4, 0.5) is 0 Å². The van der Waals surface area contributed by atoms with E-state index in [-0.39, 0.29) is 17.4 Å². The van der Waals surface area contributed by atoms with Gasteiger partial charge in [-0.2, -0.15) is 0 Å². The Hall–Kier alpha value is -0.930. The molecule has 0 fully saturated rings. The molecule has 0 aromatic rings. The van der Waals surface area contributed by atoms with Crippen molar-refractivity contribution in [2.45, 2.75) is 19.8 Å². The highest BCUT2D eigenvalue weighted by atomic mass is 16.6. The molecule has 0 aliphatic rings. The molecule has 0 amide bonds. The lowest BCUT2D eigenvalue weighted by atomic mass is 10.1. The Morgan fingerprint density at radius 1 is 1.70 bits per heavy atom. The normalized spacial score (nSPS) is 12.5. The number of nitro groups is 1. The summed E-state index contributed by atoms with van der Waals surface area (Å²) in [7, 11) is 0. The average molecular weight is 144 g/mol. The van der Waals surface area contributed by atoms with Gasteiger partial charge >= 0.3 is 0 Å². The van der Waals surface area contributed by atoms with E-state index in [1.54, 1.807) is 13.2 Å². The maximum atomic E-state index is 9.88. The van der Waals surface area contributed by atoms with E-state index in [9.17, 15) is 14.9 Å². The van der Waals surface area contributed by atoms with E-state index >= 15 is 0 Å². The molecule has 10 heavy (non-hydrogen) atoms. The molecule has 0 saturated carbocycles. The monoisotopic (exact) mass is 144 g/mol. The molecule has 0 aromatic carbocycles. The van der Waals surface area contributed by atoms with Crippen LogP contribution in [-0.2, 0) is 4.79 Å². The first-order valence-electron chi connectivity index (χ1n) is 3.13. The lowest BCUT2D eigenvalue weighted by Crippen LogP contribution is -2.10. The predicted octanol–water partition coefficient (Wildman–Crippen LogP) is 0.789. The second-order valence-electron chi connectivity index (χ2n) is 2.30. The number of rotatable bonds is 5. The van der Waals surface area contributed by atoms with Crippen molar-refractivity contribution in [1.82, 2.24) is 0 Å². The molecule has 4 heteroatoms. The lowest BCUT2D eigenvalue weighted by molar-refractivity contribution is -0.487. The van der Waals surface area contributed by atoms with Gasteiger partial charge in [-0.05, 0) is 6.42 Å². The van der Waals surface area contributed by atoms with Crippen LogP contribution in [0, 0.1) is 16.0 Å². The molecule has 0 N–H and O–H groups in total. The highest BCUT2D eigenvalue weighted by Crippen LogP contribution is 2.02. The molecule has 0 aromatic heterocycles. The van der Waals surface area contributed by atoms with Gasteiger partial charge in [0.2, 0.25) is 6.54 Å². The zero-order valence-corrected chi connectivity index (χ0v) is 5.87. The van der Waals surface area contributed by atoms with Crippen molar-refractivity contribution in [3.8, 4) is 0 Å². The SMILES string of the molecule is CC(CC[C]=O)C[N+](=O)[O-]. The highest BCUT2D eigenvalue weighted by Gasteiger charge is 2.07. The number of hydrogen-bond donors (Lipinski definition) is 0. The van der Waals surface area contributed by atoms with Crippen molar-refractivity contribution in [1.29, 1.82) is 0 Å². The Bertz CT molecular complexity index is 124. The van der Waals surface area contributed by atoms with Crippen LogP contribution in [0.5, 0.6) is 0 Å². The van der Waals surface area contributed by atoms with Crippen LogP contribution in [0.3, 0.4) is 0 Å². The van der Waals surface area contributed by atoms with E-state index in [2.05, 4.69) is 0 Å². The molecular formula is C6H10NO3. The van der Waals surface area contributed by atoms with Crippen LogP contribution in [0.15, 0.2) is 0 Å². The number of carbonyl (C=O) groups excluding carboxylic acids is 1. The van der Waals surface area contributed by atoms with E-state index in [4.69, 9.17) is 0 Å². The summed E-state index contributed by atoms with van der Waals surface area (Å²) >= 11 is 0. The maximum Gasteiger partial charge on any atom is 0.206 e. The lowest BCUT2D eigenvalue weighted by Gasteiger charge is -2.00. The predicted molar refractivity (Wildman–Crippen MR) is 36.0 cm³/mol. The third-order valence-electron chi connectivity index (χ3n) is 1.20. The van der Waals surface area contributed by atoms with Gasteiger partial charge in [0, 0.05) is 17.3 Å². The van der Waals surface area contributed by atoms with Gasteiger partial charge in [-0.15, -0.1) is 0 Å². The minimum Gasteiger partial charge on any atom is -0.291 e. The van der Waals surface area contributed by atoms with Gasteiger partial charge in [-0.25, -0.2) is 0 Å². The fourth-order valence-electron chi connectivity index (χ4n) is 0.651. The molecule has 1 atom stereocenters. The Kier molecular flexibility index (Phi) is 4.45. The summed E-state index contributed by atoms with van der Waals surface area (Å²) < 4.78 is 0. The summed E-state index contributed by atoms with van der Waals surface area (Å²) in [5.74, 6) is -0.0172. The molecule has 1 unspecified atom stereocenters. The molecule has 0 aliphatic carbocycles. The van der Waals surface area contributed by atoms with Crippen LogP contribution in [0.25, 0.3) is 0 Å². The summed E-state index contributed by atoms with van der Waals surface area (Å²) in [4.78, 5) is 19.2. The number of hydrogen-bond acceptors (Lipinski definition) is 3. The van der Waals surface area contributed by atoms with Gasteiger partial charge in [-0.1, -0.05) is 6.92 Å². The Morgan fingerprint density at radius 2 is 2.30 bits per heavy atom. The Balaban J connectivity index is 3.33. The summed E-state index contributed by atoms with van der Waals surface area (Å²) in [6.45, 7) is 1.70. The van der Waals surface area contributed by atoms with E-state index in [1.807, 2.05) is 0 Å². The fraction of sp³-hybridized carbons (Fsp3) is 0.833. The van der Waals surface area contributed by atoms with E-state index < -0.39 is 0 Å². The Labute approximate surface area is 59.4 Å². The minimum atomic E-state index is -0.366. The summed E-state index contributed by atoms with van der Waals surface area (Å²) in [5.41, 5.74) is 0. The van der Waals surface area contributed by atoms with Crippen molar-refractivity contribution < 1.29 is 9.72 Å². The van der Waals surface area contributed by atoms with E-state index in [1.165, 1.54) is 0 Å². The molecular weight excluding hydrogens is 134 g/mol. The second kappa shape index (κ2) is 4.90. The molecule has 0 saturated heterocycles. The summed E-state index contributed by atoms with van der Waals surface area (Å²) in [6, 6.07) is 0. The molecule has 1 radical (unpaired) electrons. The van der Waals surface area contributed by atoms with Gasteiger partial charge in [0.05, 0.1) is 0 Å². The third-order valence-corrected chi connectivity index (χ3v) is 1.20. The minimum absolute atomic E-state index is 0.0172. The maximum absolute atomic E-state index is 9.88. The smallest absolute Gasteiger partial charge is 0.206 e. The van der Waals surface area contributed by atoms with Gasteiger partial charge in [0.15, 0.2) is 6.29 Å². The van der Waals surface area contributed by atoms with Crippen LogP contribution in [-0.4, -0.2) is 17.8 Å². The molecule has 0 bridgehead atoms. The largest absolute Gasteiger partial charge is 0.291 e. The standard InChI is InChI=1S/C6H10NO3/c1-6(3-2-4-8)5-7(9)10/h6H,2-3,5H2,1H3. The van der Waals surface area contributed by atoms with Crippen molar-refractivity contribution in [3.05, 3.63) is 10.1 Å². The molecule has 0 aliphatic heterocycles. The zero-order valence-electron chi connectivity index (χ0n) is 5.87. The van der Waals surface area contributed by atoms with Crippen molar-refractivity contribution in [2.24, 2.45) is 5.92 Å². The van der Waals surface area contributed by atoms with E-state index in [0.717, 1.165) is 0 Å². The molecule has 0 heterocycles. The average Bonchev–Trinajstić information content (AvgIpc) is 1.82. The van der Waals surface area contributed by atoms with Gasteiger partial charge in [-0.3, -0.25) is 14.9 Å². The summed E-state index contributed by atoms with van der Waals surface area (Å²) in [6.07, 6.45) is 2.56. The topological polar surface area (TPSA) is 60.2 Å². The molecule has 57 valence electrons. The van der Waals surface area contributed by atoms with Gasteiger partial charge in [0.1, 0.15) is 0 Å².